The molecule has 0 fully saturated rings. The van der Waals surface area contributed by atoms with Gasteiger partial charge in [-0.3, -0.25) is 9.89 Å². The summed E-state index contributed by atoms with van der Waals surface area (Å²) >= 11 is 0. The van der Waals surface area contributed by atoms with Gasteiger partial charge in [-0.2, -0.15) is 5.10 Å². The molecule has 1 aromatic heterocycles. The van der Waals surface area contributed by atoms with Crippen LogP contribution in [0.25, 0.3) is 0 Å². The molecule has 88 valence electrons. The third kappa shape index (κ3) is 2.82. The summed E-state index contributed by atoms with van der Waals surface area (Å²) in [7, 11) is 0. The average Bonchev–Trinajstić information content (AvgIpc) is 2.50. The van der Waals surface area contributed by atoms with E-state index in [4.69, 9.17) is 5.11 Å². The van der Waals surface area contributed by atoms with E-state index >= 15 is 0 Å². The Balaban J connectivity index is 2.62. The maximum atomic E-state index is 11.6. The fraction of sp³-hybridized carbons (Fsp3) is 0.500. The quantitative estimate of drug-likeness (QED) is 0.684. The third-order valence-electron chi connectivity index (χ3n) is 2.27. The van der Waals surface area contributed by atoms with Gasteiger partial charge in [0, 0.05) is 11.3 Å². The van der Waals surface area contributed by atoms with Crippen molar-refractivity contribution in [1.82, 2.24) is 15.5 Å². The molecular formula is C10H15N3O3. The molecule has 1 amide bonds. The lowest BCUT2D eigenvalue weighted by Gasteiger charge is -2.20. The smallest absolute Gasteiger partial charge is 0.328 e. The first-order valence-electron chi connectivity index (χ1n) is 4.86. The van der Waals surface area contributed by atoms with Crippen LogP contribution in [0.3, 0.4) is 0 Å². The number of hydrogen-bond donors (Lipinski definition) is 3. The van der Waals surface area contributed by atoms with Crippen molar-refractivity contribution in [2.75, 3.05) is 0 Å². The Hall–Kier alpha value is -1.85. The van der Waals surface area contributed by atoms with Crippen LogP contribution in [-0.2, 0) is 16.0 Å². The van der Waals surface area contributed by atoms with Gasteiger partial charge < -0.3 is 10.4 Å². The Morgan fingerprint density at radius 1 is 1.56 bits per heavy atom. The maximum Gasteiger partial charge on any atom is 0.328 e. The molecule has 0 radical (unpaired) electrons. The molecular weight excluding hydrogens is 210 g/mol. The first-order valence-corrected chi connectivity index (χ1v) is 4.86. The van der Waals surface area contributed by atoms with Crippen molar-refractivity contribution in [2.45, 2.75) is 32.7 Å². The van der Waals surface area contributed by atoms with Gasteiger partial charge in [0.25, 0.3) is 0 Å². The van der Waals surface area contributed by atoms with Crippen LogP contribution in [-0.4, -0.2) is 32.7 Å². The molecule has 0 spiro atoms. The molecule has 0 saturated heterocycles. The number of aromatic amines is 1. The maximum absolute atomic E-state index is 11.6. The van der Waals surface area contributed by atoms with Crippen molar-refractivity contribution >= 4 is 11.9 Å². The third-order valence-corrected chi connectivity index (χ3v) is 2.27. The van der Waals surface area contributed by atoms with Crippen LogP contribution in [0.1, 0.15) is 25.1 Å². The number of carbonyl (C=O) groups is 2. The summed E-state index contributed by atoms with van der Waals surface area (Å²) in [6.45, 7) is 4.68. The molecule has 16 heavy (non-hydrogen) atoms. The van der Waals surface area contributed by atoms with Gasteiger partial charge in [-0.05, 0) is 20.8 Å². The number of aromatic nitrogens is 2. The molecule has 1 rings (SSSR count). The Bertz CT molecular complexity index is 409. The van der Waals surface area contributed by atoms with E-state index in [1.807, 2.05) is 0 Å². The van der Waals surface area contributed by atoms with E-state index in [1.165, 1.54) is 13.8 Å². The topological polar surface area (TPSA) is 95.1 Å². The zero-order valence-electron chi connectivity index (χ0n) is 9.50. The fourth-order valence-corrected chi connectivity index (χ4v) is 1.17. The van der Waals surface area contributed by atoms with Crippen LogP contribution in [0.15, 0.2) is 6.20 Å². The lowest BCUT2D eigenvalue weighted by Crippen LogP contribution is -2.50. The van der Waals surface area contributed by atoms with Crippen LogP contribution >= 0.6 is 0 Å². The normalized spacial score (nSPS) is 11.2. The highest BCUT2D eigenvalue weighted by molar-refractivity contribution is 5.87. The van der Waals surface area contributed by atoms with Crippen LogP contribution in [0, 0.1) is 6.92 Å². The van der Waals surface area contributed by atoms with Crippen LogP contribution < -0.4 is 5.32 Å². The van der Waals surface area contributed by atoms with Gasteiger partial charge in [0.15, 0.2) is 0 Å². The lowest BCUT2D eigenvalue weighted by molar-refractivity contribution is -0.145. The summed E-state index contributed by atoms with van der Waals surface area (Å²) in [5.74, 6) is -1.40. The lowest BCUT2D eigenvalue weighted by atomic mass is 10.1. The first-order chi connectivity index (χ1) is 7.33. The van der Waals surface area contributed by atoms with Crippen LogP contribution in [0.4, 0.5) is 0 Å². The summed E-state index contributed by atoms with van der Waals surface area (Å²) < 4.78 is 0. The van der Waals surface area contributed by atoms with E-state index in [9.17, 15) is 9.59 Å². The van der Waals surface area contributed by atoms with Crippen molar-refractivity contribution in [3.63, 3.8) is 0 Å². The van der Waals surface area contributed by atoms with Gasteiger partial charge in [0.2, 0.25) is 5.91 Å². The van der Waals surface area contributed by atoms with Gasteiger partial charge in [-0.25, -0.2) is 4.79 Å². The highest BCUT2D eigenvalue weighted by Crippen LogP contribution is 2.06. The number of hydrogen-bond acceptors (Lipinski definition) is 3. The van der Waals surface area contributed by atoms with E-state index in [0.29, 0.717) is 0 Å². The molecule has 0 aliphatic rings. The number of carbonyl (C=O) groups excluding carboxylic acids is 1. The van der Waals surface area contributed by atoms with Gasteiger partial charge in [-0.15, -0.1) is 0 Å². The number of amides is 1. The minimum atomic E-state index is -1.26. The monoisotopic (exact) mass is 225 g/mol. The summed E-state index contributed by atoms with van der Waals surface area (Å²) in [6.07, 6.45) is 1.68. The summed E-state index contributed by atoms with van der Waals surface area (Å²) in [6, 6.07) is 0. The molecule has 3 N–H and O–H groups in total. The minimum Gasteiger partial charge on any atom is -0.480 e. The molecule has 1 heterocycles. The average molecular weight is 225 g/mol. The Labute approximate surface area is 93.1 Å². The second kappa shape index (κ2) is 4.34. The fourth-order valence-electron chi connectivity index (χ4n) is 1.17. The molecule has 0 atom stereocenters. The second-order valence-electron chi connectivity index (χ2n) is 4.18. The number of rotatable bonds is 4. The van der Waals surface area contributed by atoms with Gasteiger partial charge in [0.1, 0.15) is 5.54 Å². The van der Waals surface area contributed by atoms with E-state index < -0.39 is 11.5 Å². The van der Waals surface area contributed by atoms with Gasteiger partial charge in [0.05, 0.1) is 12.6 Å². The molecule has 1 aromatic rings. The number of carboxylic acid groups (broad SMARTS) is 1. The Morgan fingerprint density at radius 2 is 2.19 bits per heavy atom. The molecule has 6 nitrogen and oxygen atoms in total. The molecule has 0 aliphatic carbocycles. The van der Waals surface area contributed by atoms with Crippen molar-refractivity contribution < 1.29 is 14.7 Å². The number of H-pyrrole nitrogens is 1. The number of nitrogens with one attached hydrogen (secondary N) is 2. The van der Waals surface area contributed by atoms with Crippen molar-refractivity contribution in [2.24, 2.45) is 0 Å². The number of aryl methyl sites for hydroxylation is 1. The minimum absolute atomic E-state index is 0.124. The molecule has 0 aromatic carbocycles. The van der Waals surface area contributed by atoms with Crippen LogP contribution in [0.5, 0.6) is 0 Å². The number of aliphatic carboxylic acids is 1. The highest BCUT2D eigenvalue weighted by Gasteiger charge is 2.28. The molecule has 0 saturated carbocycles. The van der Waals surface area contributed by atoms with Crippen molar-refractivity contribution in [1.29, 1.82) is 0 Å². The zero-order chi connectivity index (χ0) is 12.3. The Kier molecular flexibility index (Phi) is 3.31. The summed E-state index contributed by atoms with van der Waals surface area (Å²) in [5.41, 5.74) is 0.316. The molecule has 0 bridgehead atoms. The van der Waals surface area contributed by atoms with Gasteiger partial charge >= 0.3 is 5.97 Å². The van der Waals surface area contributed by atoms with Crippen LogP contribution in [0.2, 0.25) is 0 Å². The standard InChI is InChI=1S/C10H15N3O3/c1-6-7(5-11-13-6)4-8(14)12-10(2,3)9(15)16/h5H,4H2,1-3H3,(H,11,13)(H,12,14)(H,15,16). The SMILES string of the molecule is Cc1[nH]ncc1CC(=O)NC(C)(C)C(=O)O. The zero-order valence-corrected chi connectivity index (χ0v) is 9.50. The molecule has 0 aliphatic heterocycles. The van der Waals surface area contributed by atoms with E-state index in [2.05, 4.69) is 15.5 Å². The second-order valence-corrected chi connectivity index (χ2v) is 4.18. The van der Waals surface area contributed by atoms with E-state index in [-0.39, 0.29) is 12.3 Å². The molecule has 6 heteroatoms. The summed E-state index contributed by atoms with van der Waals surface area (Å²) in [5, 5.41) is 17.8. The Morgan fingerprint density at radius 3 is 2.62 bits per heavy atom. The number of nitrogens with zero attached hydrogens (tertiary/aromatic N) is 1. The van der Waals surface area contributed by atoms with Crippen molar-refractivity contribution in [3.8, 4) is 0 Å². The predicted octanol–water partition coefficient (Wildman–Crippen LogP) is 0.240. The molecule has 0 unspecified atom stereocenters. The summed E-state index contributed by atoms with van der Waals surface area (Å²) in [4.78, 5) is 22.4. The number of carboxylic acids is 1. The van der Waals surface area contributed by atoms with Gasteiger partial charge in [-0.1, -0.05) is 0 Å². The highest BCUT2D eigenvalue weighted by atomic mass is 16.4. The van der Waals surface area contributed by atoms with E-state index in [0.717, 1.165) is 11.3 Å². The first kappa shape index (κ1) is 12.2. The predicted molar refractivity (Wildman–Crippen MR) is 56.9 cm³/mol. The van der Waals surface area contributed by atoms with Crippen molar-refractivity contribution in [3.05, 3.63) is 17.5 Å². The van der Waals surface area contributed by atoms with E-state index in [1.54, 1.807) is 13.1 Å². The largest absolute Gasteiger partial charge is 0.480 e.